The molecule has 0 bridgehead atoms. The third kappa shape index (κ3) is 5.97. The van der Waals surface area contributed by atoms with Crippen LogP contribution in [-0.4, -0.2) is 87.8 Å². The lowest BCUT2D eigenvalue weighted by Crippen LogP contribution is -2.53. The third-order valence-electron chi connectivity index (χ3n) is 6.93. The Morgan fingerprint density at radius 3 is 2.35 bits per heavy atom. The monoisotopic (exact) mass is 568 g/mol. The standard InChI is InChI=1S/C28H36N4O7Si/c1-30(2)27(36)39-21-11-8-20(9-12-21)28(17-31-16-19-7-10-22(37-3)15-23(19)24(31)33)25(34)32(26(35)29-28)18-38-13-14-40(4,5)6/h7-12,15H,13-14,16-18H2,1-6H3,(H,29,35)/t28-/m0/s1. The Kier molecular flexibility index (Phi) is 8.22. The minimum absolute atomic E-state index is 0.102. The first-order chi connectivity index (χ1) is 18.8. The molecule has 0 aliphatic carbocycles. The number of hydrogen-bond donors (Lipinski definition) is 1. The van der Waals surface area contributed by atoms with E-state index in [4.69, 9.17) is 14.2 Å². The second-order valence-electron chi connectivity index (χ2n) is 11.4. The fraction of sp³-hybridized carbons (Fsp3) is 0.429. The SMILES string of the molecule is COc1ccc2c(c1)C(=O)N(C[C@@]1(c3ccc(OC(=O)N(C)C)cc3)NC(=O)N(COCC[Si](C)(C)C)C1=O)C2. The summed E-state index contributed by atoms with van der Waals surface area (Å²) in [4.78, 5) is 56.4. The maximum atomic E-state index is 14.0. The molecule has 0 spiro atoms. The van der Waals surface area contributed by atoms with E-state index in [9.17, 15) is 19.2 Å². The fourth-order valence-corrected chi connectivity index (χ4v) is 5.31. The first kappa shape index (κ1) is 29.1. The Balaban J connectivity index is 1.62. The van der Waals surface area contributed by atoms with Crippen molar-refractivity contribution >= 4 is 32.0 Å². The molecule has 40 heavy (non-hydrogen) atoms. The molecule has 2 heterocycles. The van der Waals surface area contributed by atoms with Crippen LogP contribution in [0.25, 0.3) is 0 Å². The van der Waals surface area contributed by atoms with Gasteiger partial charge in [0.05, 0.1) is 13.7 Å². The number of rotatable bonds is 10. The molecule has 1 N–H and O–H groups in total. The van der Waals surface area contributed by atoms with Crippen LogP contribution in [0.1, 0.15) is 21.5 Å². The summed E-state index contributed by atoms with van der Waals surface area (Å²) in [7, 11) is 3.30. The van der Waals surface area contributed by atoms with E-state index < -0.39 is 31.6 Å². The van der Waals surface area contributed by atoms with Crippen molar-refractivity contribution in [1.82, 2.24) is 20.0 Å². The number of fused-ring (bicyclic) bond motifs is 1. The molecular formula is C28H36N4O7Si. The van der Waals surface area contributed by atoms with Gasteiger partial charge in [-0.15, -0.1) is 0 Å². The molecule has 2 aliphatic heterocycles. The molecule has 2 aromatic rings. The van der Waals surface area contributed by atoms with Gasteiger partial charge in [0, 0.05) is 40.9 Å². The number of imide groups is 1. The number of nitrogens with zero attached hydrogens (tertiary/aromatic N) is 3. The maximum absolute atomic E-state index is 14.0. The Morgan fingerprint density at radius 2 is 1.73 bits per heavy atom. The number of amides is 5. The molecule has 1 fully saturated rings. The lowest BCUT2D eigenvalue weighted by molar-refractivity contribution is -0.135. The molecule has 0 unspecified atom stereocenters. The maximum Gasteiger partial charge on any atom is 0.414 e. The van der Waals surface area contributed by atoms with Crippen LogP contribution in [0.4, 0.5) is 9.59 Å². The van der Waals surface area contributed by atoms with Crippen molar-refractivity contribution in [3.63, 3.8) is 0 Å². The Hall–Kier alpha value is -3.90. The topological polar surface area (TPSA) is 118 Å². The van der Waals surface area contributed by atoms with Crippen molar-refractivity contribution in [3.05, 3.63) is 59.2 Å². The van der Waals surface area contributed by atoms with Crippen molar-refractivity contribution in [2.45, 2.75) is 37.8 Å². The number of methoxy groups -OCH3 is 1. The quantitative estimate of drug-likeness (QED) is 0.265. The smallest absolute Gasteiger partial charge is 0.414 e. The highest BCUT2D eigenvalue weighted by Gasteiger charge is 2.54. The molecule has 0 aromatic heterocycles. The van der Waals surface area contributed by atoms with E-state index >= 15 is 0 Å². The van der Waals surface area contributed by atoms with Gasteiger partial charge >= 0.3 is 12.1 Å². The largest absolute Gasteiger partial charge is 0.497 e. The van der Waals surface area contributed by atoms with Gasteiger partial charge in [0.25, 0.3) is 11.8 Å². The van der Waals surface area contributed by atoms with E-state index in [-0.39, 0.29) is 31.5 Å². The average molecular weight is 569 g/mol. The highest BCUT2D eigenvalue weighted by atomic mass is 28.3. The molecule has 0 radical (unpaired) electrons. The number of nitrogens with one attached hydrogen (secondary N) is 1. The van der Waals surface area contributed by atoms with Gasteiger partial charge < -0.3 is 29.3 Å². The Labute approximate surface area is 235 Å². The summed E-state index contributed by atoms with van der Waals surface area (Å²) in [5, 5.41) is 2.85. The molecule has 5 amide bonds. The van der Waals surface area contributed by atoms with Gasteiger partial charge in [0.15, 0.2) is 5.54 Å². The van der Waals surface area contributed by atoms with E-state index in [2.05, 4.69) is 25.0 Å². The second-order valence-corrected chi connectivity index (χ2v) is 17.0. The molecule has 12 heteroatoms. The number of carbonyl (C=O) groups is 4. The van der Waals surface area contributed by atoms with E-state index in [1.54, 1.807) is 50.5 Å². The highest BCUT2D eigenvalue weighted by Crippen LogP contribution is 2.35. The average Bonchev–Trinajstić information content (AvgIpc) is 3.33. The number of urea groups is 1. The summed E-state index contributed by atoms with van der Waals surface area (Å²) < 4.78 is 16.3. The van der Waals surface area contributed by atoms with Gasteiger partial charge in [0.1, 0.15) is 18.2 Å². The first-order valence-corrected chi connectivity index (χ1v) is 16.7. The lowest BCUT2D eigenvalue weighted by Gasteiger charge is -2.32. The normalized spacial score (nSPS) is 18.6. The van der Waals surface area contributed by atoms with E-state index in [1.807, 2.05) is 6.07 Å². The number of hydrogen-bond acceptors (Lipinski definition) is 7. The predicted octanol–water partition coefficient (Wildman–Crippen LogP) is 3.47. The zero-order valence-corrected chi connectivity index (χ0v) is 24.8. The number of ether oxygens (including phenoxy) is 3. The molecule has 2 aromatic carbocycles. The van der Waals surface area contributed by atoms with Gasteiger partial charge in [-0.25, -0.2) is 14.5 Å². The minimum atomic E-state index is -1.56. The van der Waals surface area contributed by atoms with Crippen molar-refractivity contribution in [1.29, 1.82) is 0 Å². The van der Waals surface area contributed by atoms with Crippen LogP contribution in [0, 0.1) is 0 Å². The first-order valence-electron chi connectivity index (χ1n) is 13.0. The van der Waals surface area contributed by atoms with Gasteiger partial charge in [0.2, 0.25) is 0 Å². The third-order valence-corrected chi connectivity index (χ3v) is 8.64. The van der Waals surface area contributed by atoms with Crippen LogP contribution in [-0.2, 0) is 21.6 Å². The van der Waals surface area contributed by atoms with Crippen molar-refractivity contribution in [3.8, 4) is 11.5 Å². The van der Waals surface area contributed by atoms with Crippen LogP contribution in [0.5, 0.6) is 11.5 Å². The van der Waals surface area contributed by atoms with Gasteiger partial charge in [-0.1, -0.05) is 37.8 Å². The molecule has 1 saturated heterocycles. The number of carbonyl (C=O) groups excluding carboxylic acids is 4. The molecule has 4 rings (SSSR count). The summed E-state index contributed by atoms with van der Waals surface area (Å²) in [6.07, 6.45) is -0.551. The zero-order chi connectivity index (χ0) is 29.2. The zero-order valence-electron chi connectivity index (χ0n) is 23.8. The van der Waals surface area contributed by atoms with Crippen LogP contribution in [0.2, 0.25) is 25.7 Å². The van der Waals surface area contributed by atoms with Crippen molar-refractivity contribution < 1.29 is 33.4 Å². The summed E-state index contributed by atoms with van der Waals surface area (Å²) in [5.74, 6) is 0.0395. The Bertz CT molecular complexity index is 1310. The van der Waals surface area contributed by atoms with Gasteiger partial charge in [-0.05, 0) is 41.4 Å². The highest BCUT2D eigenvalue weighted by molar-refractivity contribution is 6.76. The van der Waals surface area contributed by atoms with E-state index in [0.29, 0.717) is 23.5 Å². The Morgan fingerprint density at radius 1 is 1.05 bits per heavy atom. The van der Waals surface area contributed by atoms with Crippen LogP contribution in [0.3, 0.4) is 0 Å². The lowest BCUT2D eigenvalue weighted by atomic mass is 9.89. The summed E-state index contributed by atoms with van der Waals surface area (Å²) in [5.41, 5.74) is 0.172. The summed E-state index contributed by atoms with van der Waals surface area (Å²) in [6.45, 7) is 7.07. The molecule has 11 nitrogen and oxygen atoms in total. The van der Waals surface area contributed by atoms with Gasteiger partial charge in [-0.2, -0.15) is 0 Å². The summed E-state index contributed by atoms with van der Waals surface area (Å²) >= 11 is 0. The minimum Gasteiger partial charge on any atom is -0.497 e. The molecule has 0 saturated carbocycles. The molecule has 2 aliphatic rings. The molecule has 1 atom stereocenters. The fourth-order valence-electron chi connectivity index (χ4n) is 4.55. The molecular weight excluding hydrogens is 532 g/mol. The van der Waals surface area contributed by atoms with Crippen molar-refractivity contribution in [2.24, 2.45) is 0 Å². The summed E-state index contributed by atoms with van der Waals surface area (Å²) in [6, 6.07) is 11.9. The van der Waals surface area contributed by atoms with Crippen LogP contribution in [0.15, 0.2) is 42.5 Å². The second kappa shape index (κ2) is 11.3. The number of benzene rings is 2. The van der Waals surface area contributed by atoms with E-state index in [0.717, 1.165) is 16.5 Å². The van der Waals surface area contributed by atoms with Crippen LogP contribution >= 0.6 is 0 Å². The van der Waals surface area contributed by atoms with E-state index in [1.165, 1.54) is 16.9 Å². The van der Waals surface area contributed by atoms with Crippen molar-refractivity contribution in [2.75, 3.05) is 41.1 Å². The van der Waals surface area contributed by atoms with Gasteiger partial charge in [-0.3, -0.25) is 9.59 Å². The van der Waals surface area contributed by atoms with Crippen LogP contribution < -0.4 is 14.8 Å². The predicted molar refractivity (Wildman–Crippen MR) is 150 cm³/mol. The molecule has 214 valence electrons.